The molecule has 0 aliphatic carbocycles. The van der Waals surface area contributed by atoms with Crippen molar-refractivity contribution >= 4 is 37.4 Å². The Morgan fingerprint density at radius 1 is 1.12 bits per heavy atom. The van der Waals surface area contributed by atoms with Gasteiger partial charge in [-0.2, -0.15) is 0 Å². The van der Waals surface area contributed by atoms with E-state index in [1.807, 2.05) is 32.8 Å². The number of quaternary nitrogens is 1. The van der Waals surface area contributed by atoms with Gasteiger partial charge in [-0.25, -0.2) is 26.0 Å². The number of aliphatic hydroxyl groups excluding tert-OH is 3. The van der Waals surface area contributed by atoms with Crippen molar-refractivity contribution in [3.05, 3.63) is 53.6 Å². The second-order valence-corrected chi connectivity index (χ2v) is 16.0. The summed E-state index contributed by atoms with van der Waals surface area (Å²) in [5, 5.41) is 37.3. The molecule has 2 aliphatic rings. The third kappa shape index (κ3) is 8.45. The fourth-order valence-corrected chi connectivity index (χ4v) is 9.41. The van der Waals surface area contributed by atoms with Crippen LogP contribution in [0.15, 0.2) is 47.4 Å². The molecule has 2 aromatic rings. The smallest absolute Gasteiger partial charge is 0.321 e. The number of carbonyl (C=O) groups is 1. The van der Waals surface area contributed by atoms with E-state index in [1.165, 1.54) is 6.07 Å². The first-order chi connectivity index (χ1) is 21.9. The number of rotatable bonds is 10. The number of hydrogen-bond donors (Lipinski definition) is 6. The molecule has 0 aromatic heterocycles. The minimum absolute atomic E-state index is 0. The minimum atomic E-state index is -4.97. The SMILES string of the molecule is CCCC[C@]1(CC)CS(=O)(=O)c2ccc(N(C)C)cc2[C@@H](c2cccc(NC(=O)N[C@@H]3O[C@H](CS(=O)(=O)[O-])[C@@H](F)[C@H](O)[C@H]3O)c2)[C@H]1O.[NH4+]. The van der Waals surface area contributed by atoms with Gasteiger partial charge in [-0.3, -0.25) is 0 Å². The van der Waals surface area contributed by atoms with Gasteiger partial charge in [0.1, 0.15) is 18.3 Å². The number of sulfone groups is 1. The molecule has 48 heavy (non-hydrogen) atoms. The maximum Gasteiger partial charge on any atom is 0.321 e. The molecular weight excluding hydrogens is 671 g/mol. The Labute approximate surface area is 280 Å². The fraction of sp³-hybridized carbons (Fsp3) is 0.581. The first kappa shape index (κ1) is 39.5. The Bertz CT molecular complexity index is 1660. The Morgan fingerprint density at radius 2 is 1.81 bits per heavy atom. The van der Waals surface area contributed by atoms with Crippen molar-refractivity contribution in [2.24, 2.45) is 5.41 Å². The molecule has 17 heteroatoms. The number of fused-ring (bicyclic) bond motifs is 1. The van der Waals surface area contributed by atoms with E-state index in [1.54, 1.807) is 36.4 Å². The molecule has 0 saturated carbocycles. The third-order valence-corrected chi connectivity index (χ3v) is 11.9. The van der Waals surface area contributed by atoms with E-state index >= 15 is 0 Å². The third-order valence-electron chi connectivity index (χ3n) is 9.14. The van der Waals surface area contributed by atoms with Gasteiger partial charge in [0.05, 0.1) is 32.6 Å². The summed E-state index contributed by atoms with van der Waals surface area (Å²) in [4.78, 5) is 14.9. The molecule has 2 heterocycles. The Balaban J connectivity index is 0.00000625. The number of halogens is 1. The number of nitrogens with zero attached hydrogens (tertiary/aromatic N) is 1. The molecule has 1 fully saturated rings. The summed E-state index contributed by atoms with van der Waals surface area (Å²) in [6.45, 7) is 3.87. The van der Waals surface area contributed by atoms with Crippen molar-refractivity contribution in [2.45, 2.75) is 87.2 Å². The summed E-state index contributed by atoms with van der Waals surface area (Å²) in [6.07, 6.45) is -8.93. The molecule has 270 valence electrons. The van der Waals surface area contributed by atoms with E-state index in [9.17, 15) is 45.9 Å². The number of nitrogens with one attached hydrogen (secondary N) is 2. The van der Waals surface area contributed by atoms with Gasteiger partial charge in [0, 0.05) is 36.8 Å². The van der Waals surface area contributed by atoms with Crippen molar-refractivity contribution in [3.63, 3.8) is 0 Å². The van der Waals surface area contributed by atoms with Gasteiger partial charge in [0.25, 0.3) is 0 Å². The fourth-order valence-electron chi connectivity index (χ4n) is 6.49. The number of benzene rings is 2. The van der Waals surface area contributed by atoms with Crippen LogP contribution >= 0.6 is 0 Å². The van der Waals surface area contributed by atoms with Crippen LogP contribution in [0.3, 0.4) is 0 Å². The van der Waals surface area contributed by atoms with Crippen LogP contribution in [0.4, 0.5) is 20.6 Å². The maximum atomic E-state index is 14.4. The Kier molecular flexibility index (Phi) is 12.6. The number of hydrogen-bond acceptors (Lipinski definition) is 11. The summed E-state index contributed by atoms with van der Waals surface area (Å²) in [5.74, 6) is -2.36. The molecule has 14 nitrogen and oxygen atoms in total. The molecule has 2 aliphatic heterocycles. The average Bonchev–Trinajstić information content (AvgIpc) is 3.06. The van der Waals surface area contributed by atoms with Crippen LogP contribution in [-0.2, 0) is 24.7 Å². The minimum Gasteiger partial charge on any atom is -0.748 e. The predicted octanol–water partition coefficient (Wildman–Crippen LogP) is 2.45. The van der Waals surface area contributed by atoms with Gasteiger partial charge in [-0.1, -0.05) is 38.8 Å². The molecule has 2 amide bonds. The number of amides is 2. The van der Waals surface area contributed by atoms with E-state index in [2.05, 4.69) is 10.6 Å². The van der Waals surface area contributed by atoms with Gasteiger partial charge in [-0.15, -0.1) is 0 Å². The molecule has 9 N–H and O–H groups in total. The van der Waals surface area contributed by atoms with Gasteiger partial charge >= 0.3 is 6.03 Å². The van der Waals surface area contributed by atoms with Crippen molar-refractivity contribution < 1.29 is 50.6 Å². The van der Waals surface area contributed by atoms with Crippen LogP contribution < -0.4 is 21.7 Å². The second kappa shape index (κ2) is 15.3. The molecule has 2 aromatic carbocycles. The molecule has 0 bridgehead atoms. The summed E-state index contributed by atoms with van der Waals surface area (Å²) in [6, 6.07) is 10.5. The highest BCUT2D eigenvalue weighted by Crippen LogP contribution is 2.49. The normalized spacial score (nSPS) is 29.9. The summed E-state index contributed by atoms with van der Waals surface area (Å²) in [7, 11) is -5.15. The molecule has 0 unspecified atom stereocenters. The highest BCUT2D eigenvalue weighted by atomic mass is 32.2. The first-order valence-corrected chi connectivity index (χ1v) is 18.6. The van der Waals surface area contributed by atoms with Crippen molar-refractivity contribution in [2.75, 3.05) is 35.8 Å². The lowest BCUT2D eigenvalue weighted by atomic mass is 9.69. The highest BCUT2D eigenvalue weighted by molar-refractivity contribution is 7.91. The van der Waals surface area contributed by atoms with Crippen LogP contribution in [0.2, 0.25) is 0 Å². The zero-order valence-corrected chi connectivity index (χ0v) is 29.3. The number of anilines is 2. The van der Waals surface area contributed by atoms with Gasteiger partial charge in [0.15, 0.2) is 22.2 Å². The number of unbranched alkanes of at least 4 members (excludes halogenated alkanes) is 1. The Hall–Kier alpha value is -2.90. The van der Waals surface area contributed by atoms with E-state index in [0.717, 1.165) is 12.1 Å². The summed E-state index contributed by atoms with van der Waals surface area (Å²) >= 11 is 0. The molecular formula is C31H47FN4O10S2. The monoisotopic (exact) mass is 718 g/mol. The number of alkyl halides is 1. The zero-order valence-electron chi connectivity index (χ0n) is 27.7. The lowest BCUT2D eigenvalue weighted by Gasteiger charge is -2.40. The largest absolute Gasteiger partial charge is 0.748 e. The van der Waals surface area contributed by atoms with Crippen LogP contribution in [0.1, 0.15) is 56.6 Å². The van der Waals surface area contributed by atoms with Crippen LogP contribution in [0, 0.1) is 5.41 Å². The van der Waals surface area contributed by atoms with Gasteiger partial charge < -0.3 is 46.3 Å². The Morgan fingerprint density at radius 3 is 2.42 bits per heavy atom. The van der Waals surface area contributed by atoms with Gasteiger partial charge in [0.2, 0.25) is 0 Å². The van der Waals surface area contributed by atoms with Crippen molar-refractivity contribution in [1.82, 2.24) is 11.5 Å². The summed E-state index contributed by atoms with van der Waals surface area (Å²) in [5.41, 5.74) is 0.909. The quantitative estimate of drug-likeness (QED) is 0.195. The van der Waals surface area contributed by atoms with Crippen LogP contribution in [0.5, 0.6) is 0 Å². The molecule has 8 atom stereocenters. The lowest BCUT2D eigenvalue weighted by molar-refractivity contribution is -0.202. The number of urea groups is 1. The topological polar surface area (TPSA) is 242 Å². The molecule has 0 radical (unpaired) electrons. The molecule has 0 spiro atoms. The van der Waals surface area contributed by atoms with Gasteiger partial charge in [-0.05, 0) is 54.3 Å². The first-order valence-electron chi connectivity index (χ1n) is 15.4. The predicted molar refractivity (Wildman–Crippen MR) is 178 cm³/mol. The van der Waals surface area contributed by atoms with E-state index in [0.29, 0.717) is 30.4 Å². The van der Waals surface area contributed by atoms with Crippen LogP contribution in [-0.4, -0.2) is 105 Å². The lowest BCUT2D eigenvalue weighted by Crippen LogP contribution is -2.62. The zero-order chi connectivity index (χ0) is 34.9. The van der Waals surface area contributed by atoms with E-state index in [-0.39, 0.29) is 22.5 Å². The second-order valence-electron chi connectivity index (χ2n) is 12.6. The number of ether oxygens (including phenoxy) is 1. The van der Waals surface area contributed by atoms with E-state index < -0.39 is 79.9 Å². The van der Waals surface area contributed by atoms with Crippen molar-refractivity contribution in [1.29, 1.82) is 0 Å². The molecule has 4 rings (SSSR count). The average molecular weight is 719 g/mol. The van der Waals surface area contributed by atoms with Crippen molar-refractivity contribution in [3.8, 4) is 0 Å². The number of carbonyl (C=O) groups excluding carboxylic acids is 1. The van der Waals surface area contributed by atoms with Crippen LogP contribution in [0.25, 0.3) is 0 Å². The standard InChI is InChI=1S/C31H44FN3O10S2.H3N/c1-5-7-13-31(6-2)17-46(40,41)23-12-11-20(35(3)4)15-21(23)24(28(31)38)18-9-8-10-19(14-18)33-30(39)34-29-27(37)26(36)25(32)22(45-29)16-47(42,43)44;/h8-12,14-15,22,24-29,36-38H,5-7,13,16-17H2,1-4H3,(H2,33,34,39)(H,42,43,44);1H3/t22-,24-,25-,26+,27-,28-,29-,31-;/m1./s1. The highest BCUT2D eigenvalue weighted by Gasteiger charge is 2.49. The number of aliphatic hydroxyl groups is 3. The maximum absolute atomic E-state index is 14.4. The summed E-state index contributed by atoms with van der Waals surface area (Å²) < 4.78 is 80.9. The van der Waals surface area contributed by atoms with E-state index in [4.69, 9.17) is 4.74 Å². The molecule has 1 saturated heterocycles.